The van der Waals surface area contributed by atoms with Gasteiger partial charge in [-0.25, -0.2) is 4.79 Å². The summed E-state index contributed by atoms with van der Waals surface area (Å²) in [7, 11) is 1.18. The van der Waals surface area contributed by atoms with E-state index >= 15 is 0 Å². The van der Waals surface area contributed by atoms with Gasteiger partial charge in [-0.15, -0.1) is 0 Å². The third-order valence-corrected chi connectivity index (χ3v) is 4.71. The highest BCUT2D eigenvalue weighted by atomic mass is 32.1. The number of hydrogen-bond donors (Lipinski definition) is 4. The SMILES string of the molecule is CCCN(C(=O)C(CS)NC(=O)OC(C)(C)C)C(C(=O)NCC(=O)OC)c1ccccc1O. The molecule has 0 aliphatic carbocycles. The molecule has 33 heavy (non-hydrogen) atoms. The number of alkyl carbamates (subject to hydrolysis) is 1. The van der Waals surface area contributed by atoms with Gasteiger partial charge in [-0.2, -0.15) is 12.6 Å². The van der Waals surface area contributed by atoms with Crippen molar-refractivity contribution in [2.75, 3.05) is 26.0 Å². The average molecular weight is 484 g/mol. The molecular weight excluding hydrogens is 450 g/mol. The van der Waals surface area contributed by atoms with E-state index in [2.05, 4.69) is 28.0 Å². The van der Waals surface area contributed by atoms with Crippen molar-refractivity contribution in [2.24, 2.45) is 0 Å². The van der Waals surface area contributed by atoms with Crippen LogP contribution in [-0.2, 0) is 23.9 Å². The number of benzene rings is 1. The standard InChI is InChI=1S/C22H33N3O7S/c1-6-11-25(20(29)15(13-33)24-21(30)32-22(2,3)4)18(14-9-7-8-10-16(14)26)19(28)23-12-17(27)31-5/h7-10,15,18,26,33H,6,11-13H2,1-5H3,(H,23,28)(H,24,30). The fraction of sp³-hybridized carbons (Fsp3) is 0.545. The maximum Gasteiger partial charge on any atom is 0.408 e. The number of para-hydroxylation sites is 1. The van der Waals surface area contributed by atoms with E-state index in [1.807, 2.05) is 6.92 Å². The summed E-state index contributed by atoms with van der Waals surface area (Å²) in [5.41, 5.74) is -0.611. The summed E-state index contributed by atoms with van der Waals surface area (Å²) in [5, 5.41) is 15.3. The van der Waals surface area contributed by atoms with E-state index in [0.29, 0.717) is 6.42 Å². The summed E-state index contributed by atoms with van der Waals surface area (Å²) in [5.74, 6) is -2.23. The van der Waals surface area contributed by atoms with Crippen molar-refractivity contribution in [3.8, 4) is 5.75 Å². The Hall–Kier alpha value is -2.95. The first-order chi connectivity index (χ1) is 15.4. The van der Waals surface area contributed by atoms with Gasteiger partial charge in [-0.1, -0.05) is 25.1 Å². The number of methoxy groups -OCH3 is 1. The number of phenolic OH excluding ortho intramolecular Hbond substituents is 1. The molecule has 2 unspecified atom stereocenters. The van der Waals surface area contributed by atoms with Gasteiger partial charge >= 0.3 is 12.1 Å². The quantitative estimate of drug-likeness (QED) is 0.294. The highest BCUT2D eigenvalue weighted by Crippen LogP contribution is 2.30. The van der Waals surface area contributed by atoms with Crippen LogP contribution in [0, 0.1) is 0 Å². The van der Waals surface area contributed by atoms with Gasteiger partial charge in [0.15, 0.2) is 0 Å². The van der Waals surface area contributed by atoms with Crippen molar-refractivity contribution in [3.63, 3.8) is 0 Å². The second-order valence-corrected chi connectivity index (χ2v) is 8.53. The van der Waals surface area contributed by atoms with Crippen molar-refractivity contribution in [2.45, 2.75) is 51.8 Å². The number of ether oxygens (including phenoxy) is 2. The summed E-state index contributed by atoms with van der Waals surface area (Å²) < 4.78 is 9.77. The van der Waals surface area contributed by atoms with Crippen LogP contribution in [0.1, 0.15) is 45.7 Å². The average Bonchev–Trinajstić information content (AvgIpc) is 2.74. The number of phenols is 1. The summed E-state index contributed by atoms with van der Waals surface area (Å²) in [4.78, 5) is 51.5. The van der Waals surface area contributed by atoms with Crippen molar-refractivity contribution in [1.29, 1.82) is 0 Å². The monoisotopic (exact) mass is 483 g/mol. The van der Waals surface area contributed by atoms with Gasteiger partial charge in [-0.3, -0.25) is 14.4 Å². The molecule has 1 rings (SSSR count). The van der Waals surface area contributed by atoms with Crippen LogP contribution >= 0.6 is 12.6 Å². The Kier molecular flexibility index (Phi) is 11.0. The zero-order valence-corrected chi connectivity index (χ0v) is 20.5. The molecule has 0 aliphatic rings. The van der Waals surface area contributed by atoms with Gasteiger partial charge in [0.25, 0.3) is 0 Å². The Bertz CT molecular complexity index is 842. The first-order valence-electron chi connectivity index (χ1n) is 10.5. The summed E-state index contributed by atoms with van der Waals surface area (Å²) in [6.45, 7) is 6.59. The van der Waals surface area contributed by atoms with Crippen LogP contribution in [0.25, 0.3) is 0 Å². The molecule has 0 radical (unpaired) electrons. The third kappa shape index (κ3) is 8.83. The molecule has 184 valence electrons. The van der Waals surface area contributed by atoms with Gasteiger partial charge in [0.1, 0.15) is 30.0 Å². The Morgan fingerprint density at radius 1 is 1.18 bits per heavy atom. The first kappa shape index (κ1) is 28.1. The van der Waals surface area contributed by atoms with Crippen LogP contribution in [0.2, 0.25) is 0 Å². The maximum absolute atomic E-state index is 13.4. The van der Waals surface area contributed by atoms with E-state index in [1.54, 1.807) is 32.9 Å². The minimum atomic E-state index is -1.27. The third-order valence-electron chi connectivity index (χ3n) is 4.35. The van der Waals surface area contributed by atoms with Crippen LogP contribution in [0.3, 0.4) is 0 Å². The molecule has 10 nitrogen and oxygen atoms in total. The fourth-order valence-electron chi connectivity index (χ4n) is 2.94. The van der Waals surface area contributed by atoms with E-state index in [9.17, 15) is 24.3 Å². The summed E-state index contributed by atoms with van der Waals surface area (Å²) >= 11 is 4.18. The van der Waals surface area contributed by atoms with E-state index in [-0.39, 0.29) is 23.6 Å². The van der Waals surface area contributed by atoms with Gasteiger partial charge in [0.05, 0.1) is 7.11 Å². The molecule has 0 bridgehead atoms. The Labute approximate surface area is 199 Å². The van der Waals surface area contributed by atoms with Crippen LogP contribution < -0.4 is 10.6 Å². The van der Waals surface area contributed by atoms with Crippen molar-refractivity contribution >= 4 is 36.5 Å². The molecule has 3 N–H and O–H groups in total. The zero-order valence-electron chi connectivity index (χ0n) is 19.6. The molecule has 0 saturated heterocycles. The molecule has 3 amide bonds. The molecule has 0 heterocycles. The molecule has 2 atom stereocenters. The van der Waals surface area contributed by atoms with Crippen LogP contribution in [-0.4, -0.2) is 71.5 Å². The molecule has 0 aromatic heterocycles. The summed E-state index contributed by atoms with van der Waals surface area (Å²) in [6.07, 6.45) is -0.327. The lowest BCUT2D eigenvalue weighted by atomic mass is 10.0. The molecule has 1 aromatic rings. The lowest BCUT2D eigenvalue weighted by Crippen LogP contribution is -2.54. The highest BCUT2D eigenvalue weighted by Gasteiger charge is 2.36. The number of rotatable bonds is 10. The maximum atomic E-state index is 13.4. The zero-order chi connectivity index (χ0) is 25.2. The van der Waals surface area contributed by atoms with Gasteiger partial charge in [-0.05, 0) is 33.3 Å². The van der Waals surface area contributed by atoms with Crippen LogP contribution in [0.5, 0.6) is 5.75 Å². The van der Waals surface area contributed by atoms with E-state index in [1.165, 1.54) is 24.1 Å². The largest absolute Gasteiger partial charge is 0.508 e. The number of carbonyl (C=O) groups excluding carboxylic acids is 4. The minimum absolute atomic E-state index is 0.0600. The topological polar surface area (TPSA) is 134 Å². The number of hydrogen-bond acceptors (Lipinski definition) is 8. The number of carbonyl (C=O) groups is 4. The second kappa shape index (κ2) is 12.9. The lowest BCUT2D eigenvalue weighted by molar-refractivity contribution is -0.144. The smallest absolute Gasteiger partial charge is 0.408 e. The Morgan fingerprint density at radius 2 is 1.82 bits per heavy atom. The molecule has 1 aromatic carbocycles. The Morgan fingerprint density at radius 3 is 2.33 bits per heavy atom. The van der Waals surface area contributed by atoms with Crippen LogP contribution in [0.15, 0.2) is 24.3 Å². The fourth-order valence-corrected chi connectivity index (χ4v) is 3.19. The number of nitrogens with one attached hydrogen (secondary N) is 2. The lowest BCUT2D eigenvalue weighted by Gasteiger charge is -2.34. The number of amides is 3. The molecular formula is C22H33N3O7S. The summed E-state index contributed by atoms with van der Waals surface area (Å²) in [6, 6.07) is 3.71. The number of thiol groups is 1. The van der Waals surface area contributed by atoms with Gasteiger partial charge in [0, 0.05) is 17.9 Å². The molecule has 0 aliphatic heterocycles. The van der Waals surface area contributed by atoms with Gasteiger partial charge < -0.3 is 30.1 Å². The number of aromatic hydroxyl groups is 1. The van der Waals surface area contributed by atoms with Crippen molar-refractivity contribution in [3.05, 3.63) is 29.8 Å². The van der Waals surface area contributed by atoms with Crippen molar-refractivity contribution in [1.82, 2.24) is 15.5 Å². The molecule has 0 fully saturated rings. The number of esters is 1. The van der Waals surface area contributed by atoms with E-state index in [4.69, 9.17) is 4.74 Å². The normalized spacial score (nSPS) is 12.8. The molecule has 0 spiro atoms. The van der Waals surface area contributed by atoms with Crippen LogP contribution in [0.4, 0.5) is 4.79 Å². The first-order valence-corrected chi connectivity index (χ1v) is 11.1. The molecule has 0 saturated carbocycles. The van der Waals surface area contributed by atoms with E-state index < -0.39 is 48.1 Å². The predicted molar refractivity (Wildman–Crippen MR) is 125 cm³/mol. The number of nitrogens with zero attached hydrogens (tertiary/aromatic N) is 1. The Balaban J connectivity index is 3.31. The van der Waals surface area contributed by atoms with Gasteiger partial charge in [0.2, 0.25) is 11.8 Å². The highest BCUT2D eigenvalue weighted by molar-refractivity contribution is 7.80. The van der Waals surface area contributed by atoms with Crippen molar-refractivity contribution < 1.29 is 33.8 Å². The molecule has 11 heteroatoms. The second-order valence-electron chi connectivity index (χ2n) is 8.17. The minimum Gasteiger partial charge on any atom is -0.508 e. The predicted octanol–water partition coefficient (Wildman–Crippen LogP) is 1.78. The van der Waals surface area contributed by atoms with E-state index in [0.717, 1.165) is 0 Å².